The molecule has 122 valence electrons. The number of hydrogen-bond acceptors (Lipinski definition) is 4. The standard InChI is InChI=1S/C18H21ClN2O2/c1-13-11-21(12-18(23-13)5-8-22-9-6-18)17-4-7-20-16-10-14(19)2-3-15(16)17/h2-4,7,10,13H,5-6,8-9,11-12H2,1H3/t13-/m1/s1. The van der Waals surface area contributed by atoms with E-state index in [1.165, 1.54) is 5.69 Å². The third-order valence-electron chi connectivity index (χ3n) is 4.83. The highest BCUT2D eigenvalue weighted by Gasteiger charge is 2.41. The summed E-state index contributed by atoms with van der Waals surface area (Å²) in [5.74, 6) is 0. The highest BCUT2D eigenvalue weighted by molar-refractivity contribution is 6.31. The van der Waals surface area contributed by atoms with E-state index in [1.807, 2.05) is 18.3 Å². The number of fused-ring (bicyclic) bond motifs is 1. The Kier molecular flexibility index (Phi) is 3.92. The molecule has 1 aromatic carbocycles. The molecule has 2 aromatic rings. The molecule has 23 heavy (non-hydrogen) atoms. The Morgan fingerprint density at radius 2 is 2.09 bits per heavy atom. The molecule has 1 aromatic heterocycles. The van der Waals surface area contributed by atoms with Crippen LogP contribution < -0.4 is 4.90 Å². The number of halogens is 1. The van der Waals surface area contributed by atoms with Gasteiger partial charge in [-0.2, -0.15) is 0 Å². The first-order valence-electron chi connectivity index (χ1n) is 8.20. The topological polar surface area (TPSA) is 34.6 Å². The average Bonchev–Trinajstić information content (AvgIpc) is 2.54. The Hall–Kier alpha value is -1.36. The van der Waals surface area contributed by atoms with Crippen molar-refractivity contribution in [2.24, 2.45) is 0 Å². The highest BCUT2D eigenvalue weighted by atomic mass is 35.5. The summed E-state index contributed by atoms with van der Waals surface area (Å²) in [6, 6.07) is 8.02. The van der Waals surface area contributed by atoms with Crippen LogP contribution in [0.4, 0.5) is 5.69 Å². The zero-order valence-corrected chi connectivity index (χ0v) is 14.1. The van der Waals surface area contributed by atoms with Gasteiger partial charge in [-0.15, -0.1) is 0 Å². The number of ether oxygens (including phenoxy) is 2. The molecule has 2 fully saturated rings. The van der Waals surface area contributed by atoms with Gasteiger partial charge in [-0.3, -0.25) is 4.98 Å². The molecule has 0 aliphatic carbocycles. The van der Waals surface area contributed by atoms with Gasteiger partial charge in [-0.1, -0.05) is 11.6 Å². The van der Waals surface area contributed by atoms with Crippen LogP contribution in [0.3, 0.4) is 0 Å². The van der Waals surface area contributed by atoms with Crippen molar-refractivity contribution in [3.8, 4) is 0 Å². The number of pyridine rings is 1. The predicted molar refractivity (Wildman–Crippen MR) is 92.3 cm³/mol. The zero-order valence-electron chi connectivity index (χ0n) is 13.3. The Morgan fingerprint density at radius 1 is 1.26 bits per heavy atom. The van der Waals surface area contributed by atoms with Gasteiger partial charge in [0.15, 0.2) is 0 Å². The first-order valence-corrected chi connectivity index (χ1v) is 8.58. The smallest absolute Gasteiger partial charge is 0.0904 e. The van der Waals surface area contributed by atoms with E-state index in [1.54, 1.807) is 0 Å². The van der Waals surface area contributed by atoms with Crippen molar-refractivity contribution in [1.82, 2.24) is 4.98 Å². The summed E-state index contributed by atoms with van der Waals surface area (Å²) >= 11 is 6.11. The van der Waals surface area contributed by atoms with E-state index in [0.717, 1.165) is 55.1 Å². The van der Waals surface area contributed by atoms with Crippen molar-refractivity contribution in [3.05, 3.63) is 35.5 Å². The first kappa shape index (κ1) is 15.2. The van der Waals surface area contributed by atoms with E-state index in [-0.39, 0.29) is 11.7 Å². The summed E-state index contributed by atoms with van der Waals surface area (Å²) < 4.78 is 11.9. The maximum Gasteiger partial charge on any atom is 0.0904 e. The lowest BCUT2D eigenvalue weighted by atomic mass is 9.91. The van der Waals surface area contributed by atoms with Gasteiger partial charge in [-0.05, 0) is 31.2 Å². The van der Waals surface area contributed by atoms with Crippen LogP contribution in [-0.4, -0.2) is 43.0 Å². The van der Waals surface area contributed by atoms with Gasteiger partial charge < -0.3 is 14.4 Å². The molecule has 2 aliphatic heterocycles. The largest absolute Gasteiger partial charge is 0.381 e. The van der Waals surface area contributed by atoms with E-state index in [0.29, 0.717) is 0 Å². The minimum Gasteiger partial charge on any atom is -0.381 e. The van der Waals surface area contributed by atoms with Crippen LogP contribution in [0.2, 0.25) is 5.02 Å². The molecule has 0 bridgehead atoms. The molecule has 1 atom stereocenters. The summed E-state index contributed by atoms with van der Waals surface area (Å²) in [4.78, 5) is 6.90. The Balaban J connectivity index is 1.72. The third kappa shape index (κ3) is 2.91. The molecular weight excluding hydrogens is 312 g/mol. The highest BCUT2D eigenvalue weighted by Crippen LogP contribution is 2.36. The quantitative estimate of drug-likeness (QED) is 0.798. The zero-order chi connectivity index (χ0) is 15.9. The number of morpholine rings is 1. The van der Waals surface area contributed by atoms with E-state index >= 15 is 0 Å². The fourth-order valence-electron chi connectivity index (χ4n) is 3.81. The van der Waals surface area contributed by atoms with Crippen LogP contribution >= 0.6 is 11.6 Å². The minimum atomic E-state index is -0.0854. The van der Waals surface area contributed by atoms with Gasteiger partial charge in [0.2, 0.25) is 0 Å². The maximum absolute atomic E-state index is 6.34. The normalized spacial score (nSPS) is 24.3. The number of anilines is 1. The molecule has 4 rings (SSSR count). The molecule has 5 heteroatoms. The van der Waals surface area contributed by atoms with Crippen molar-refractivity contribution in [3.63, 3.8) is 0 Å². The van der Waals surface area contributed by atoms with E-state index < -0.39 is 0 Å². The predicted octanol–water partition coefficient (Wildman–Crippen LogP) is 3.66. The van der Waals surface area contributed by atoms with Crippen molar-refractivity contribution < 1.29 is 9.47 Å². The fourth-order valence-corrected chi connectivity index (χ4v) is 3.98. The molecule has 0 saturated carbocycles. The molecular formula is C18H21ClN2O2. The number of hydrogen-bond donors (Lipinski definition) is 0. The molecule has 0 unspecified atom stereocenters. The van der Waals surface area contributed by atoms with Crippen molar-refractivity contribution >= 4 is 28.2 Å². The average molecular weight is 333 g/mol. The Morgan fingerprint density at radius 3 is 2.91 bits per heavy atom. The van der Waals surface area contributed by atoms with E-state index in [9.17, 15) is 0 Å². The van der Waals surface area contributed by atoms with Crippen LogP contribution in [0, 0.1) is 0 Å². The molecule has 3 heterocycles. The number of aromatic nitrogens is 1. The lowest BCUT2D eigenvalue weighted by molar-refractivity contribution is -0.145. The second-order valence-corrected chi connectivity index (χ2v) is 7.03. The fraction of sp³-hybridized carbons (Fsp3) is 0.500. The summed E-state index contributed by atoms with van der Waals surface area (Å²) in [5, 5.41) is 1.87. The monoisotopic (exact) mass is 332 g/mol. The van der Waals surface area contributed by atoms with Crippen LogP contribution in [0.5, 0.6) is 0 Å². The Bertz CT molecular complexity index is 715. The molecule has 0 N–H and O–H groups in total. The van der Waals surface area contributed by atoms with Crippen molar-refractivity contribution in [2.75, 3.05) is 31.2 Å². The summed E-state index contributed by atoms with van der Waals surface area (Å²) in [7, 11) is 0. The second-order valence-electron chi connectivity index (χ2n) is 6.60. The molecule has 2 saturated heterocycles. The number of nitrogens with zero attached hydrogens (tertiary/aromatic N) is 2. The first-order chi connectivity index (χ1) is 11.2. The Labute approximate surface area is 141 Å². The molecule has 0 amide bonds. The molecule has 4 nitrogen and oxygen atoms in total. The number of benzene rings is 1. The van der Waals surface area contributed by atoms with Crippen LogP contribution in [0.1, 0.15) is 19.8 Å². The van der Waals surface area contributed by atoms with Gasteiger partial charge in [0.25, 0.3) is 0 Å². The second kappa shape index (κ2) is 5.93. The van der Waals surface area contributed by atoms with Gasteiger partial charge >= 0.3 is 0 Å². The van der Waals surface area contributed by atoms with Gasteiger partial charge in [0.05, 0.1) is 17.2 Å². The lowest BCUT2D eigenvalue weighted by Gasteiger charge is -2.48. The minimum absolute atomic E-state index is 0.0854. The van der Waals surface area contributed by atoms with E-state index in [2.05, 4.69) is 28.9 Å². The van der Waals surface area contributed by atoms with E-state index in [4.69, 9.17) is 21.1 Å². The van der Waals surface area contributed by atoms with Gasteiger partial charge in [0.1, 0.15) is 0 Å². The van der Waals surface area contributed by atoms with Crippen molar-refractivity contribution in [2.45, 2.75) is 31.5 Å². The van der Waals surface area contributed by atoms with Gasteiger partial charge in [0, 0.05) is 61.4 Å². The van der Waals surface area contributed by atoms with Crippen LogP contribution in [-0.2, 0) is 9.47 Å². The van der Waals surface area contributed by atoms with Crippen LogP contribution in [0.25, 0.3) is 10.9 Å². The maximum atomic E-state index is 6.34. The summed E-state index contributed by atoms with van der Waals surface area (Å²) in [6.45, 7) is 5.52. The number of rotatable bonds is 1. The van der Waals surface area contributed by atoms with Crippen LogP contribution in [0.15, 0.2) is 30.5 Å². The SMILES string of the molecule is C[C@@H]1CN(c2ccnc3cc(Cl)ccc23)CC2(CCOCC2)O1. The molecule has 2 aliphatic rings. The summed E-state index contributed by atoms with van der Waals surface area (Å²) in [5.41, 5.74) is 2.07. The lowest BCUT2D eigenvalue weighted by Crippen LogP contribution is -2.57. The third-order valence-corrected chi connectivity index (χ3v) is 5.07. The summed E-state index contributed by atoms with van der Waals surface area (Å²) in [6.07, 6.45) is 3.99. The molecule has 1 spiro atoms. The van der Waals surface area contributed by atoms with Gasteiger partial charge in [-0.25, -0.2) is 0 Å². The van der Waals surface area contributed by atoms with Crippen molar-refractivity contribution in [1.29, 1.82) is 0 Å². The molecule has 0 radical (unpaired) electrons.